The monoisotopic (exact) mass is 267 g/mol. The van der Waals surface area contributed by atoms with Crippen molar-refractivity contribution in [3.05, 3.63) is 23.8 Å². The Labute approximate surface area is 116 Å². The highest BCUT2D eigenvalue weighted by molar-refractivity contribution is 5.43. The van der Waals surface area contributed by atoms with Crippen molar-refractivity contribution in [2.75, 3.05) is 34.0 Å². The lowest BCUT2D eigenvalue weighted by molar-refractivity contribution is 0.135. The van der Waals surface area contributed by atoms with Crippen molar-refractivity contribution >= 4 is 0 Å². The van der Waals surface area contributed by atoms with Crippen LogP contribution in [0.4, 0.5) is 0 Å². The maximum Gasteiger partial charge on any atom is 0.161 e. The summed E-state index contributed by atoms with van der Waals surface area (Å²) >= 11 is 0. The van der Waals surface area contributed by atoms with Crippen LogP contribution < -0.4 is 14.8 Å². The first kappa shape index (κ1) is 15.8. The number of methoxy groups -OCH3 is 2. The van der Waals surface area contributed by atoms with Crippen LogP contribution in [0.2, 0.25) is 0 Å². The molecule has 1 aromatic carbocycles. The van der Waals surface area contributed by atoms with Crippen molar-refractivity contribution < 1.29 is 14.2 Å². The van der Waals surface area contributed by atoms with Crippen LogP contribution >= 0.6 is 0 Å². The van der Waals surface area contributed by atoms with Crippen molar-refractivity contribution in [1.82, 2.24) is 5.32 Å². The SMILES string of the molecule is CCCOCCNC(C)c1ccc(OC)c(OC)c1. The van der Waals surface area contributed by atoms with Crippen LogP contribution in [-0.4, -0.2) is 34.0 Å². The van der Waals surface area contributed by atoms with Crippen LogP contribution in [0.5, 0.6) is 11.5 Å². The Morgan fingerprint density at radius 1 is 1.11 bits per heavy atom. The molecule has 1 aromatic rings. The van der Waals surface area contributed by atoms with Gasteiger partial charge in [-0.25, -0.2) is 0 Å². The van der Waals surface area contributed by atoms with Gasteiger partial charge in [-0.1, -0.05) is 13.0 Å². The van der Waals surface area contributed by atoms with Crippen LogP contribution in [0.25, 0.3) is 0 Å². The van der Waals surface area contributed by atoms with Gasteiger partial charge in [0, 0.05) is 19.2 Å². The molecule has 4 nitrogen and oxygen atoms in total. The number of rotatable bonds is 9. The Morgan fingerprint density at radius 2 is 1.84 bits per heavy atom. The predicted molar refractivity (Wildman–Crippen MR) is 77.1 cm³/mol. The average Bonchev–Trinajstić information content (AvgIpc) is 2.46. The van der Waals surface area contributed by atoms with Crippen molar-refractivity contribution in [2.24, 2.45) is 0 Å². The van der Waals surface area contributed by atoms with Gasteiger partial charge in [-0.05, 0) is 31.0 Å². The number of ether oxygens (including phenoxy) is 3. The van der Waals surface area contributed by atoms with E-state index in [1.807, 2.05) is 18.2 Å². The van der Waals surface area contributed by atoms with E-state index in [1.54, 1.807) is 14.2 Å². The molecule has 0 heterocycles. The first-order valence-electron chi connectivity index (χ1n) is 6.76. The van der Waals surface area contributed by atoms with E-state index in [0.29, 0.717) is 0 Å². The summed E-state index contributed by atoms with van der Waals surface area (Å²) in [4.78, 5) is 0. The first-order chi connectivity index (χ1) is 9.22. The van der Waals surface area contributed by atoms with Gasteiger partial charge in [0.25, 0.3) is 0 Å². The van der Waals surface area contributed by atoms with Gasteiger partial charge in [-0.15, -0.1) is 0 Å². The molecule has 19 heavy (non-hydrogen) atoms. The molecule has 0 saturated carbocycles. The molecule has 1 atom stereocenters. The van der Waals surface area contributed by atoms with E-state index in [9.17, 15) is 0 Å². The van der Waals surface area contributed by atoms with E-state index < -0.39 is 0 Å². The Hall–Kier alpha value is -1.26. The number of hydrogen-bond donors (Lipinski definition) is 1. The molecule has 0 aliphatic rings. The van der Waals surface area contributed by atoms with E-state index in [4.69, 9.17) is 14.2 Å². The molecule has 0 amide bonds. The molecule has 0 spiro atoms. The van der Waals surface area contributed by atoms with Crippen LogP contribution in [0, 0.1) is 0 Å². The highest BCUT2D eigenvalue weighted by Crippen LogP contribution is 2.29. The fourth-order valence-corrected chi connectivity index (χ4v) is 1.83. The van der Waals surface area contributed by atoms with Gasteiger partial charge in [0.2, 0.25) is 0 Å². The molecule has 108 valence electrons. The van der Waals surface area contributed by atoms with E-state index >= 15 is 0 Å². The van der Waals surface area contributed by atoms with Crippen LogP contribution in [0.15, 0.2) is 18.2 Å². The molecule has 0 aromatic heterocycles. The van der Waals surface area contributed by atoms with E-state index in [1.165, 1.54) is 5.56 Å². The third kappa shape index (κ3) is 5.09. The topological polar surface area (TPSA) is 39.7 Å². The minimum absolute atomic E-state index is 0.255. The lowest BCUT2D eigenvalue weighted by Gasteiger charge is -2.16. The molecule has 0 saturated heterocycles. The van der Waals surface area contributed by atoms with Gasteiger partial charge in [0.05, 0.1) is 20.8 Å². The molecular weight excluding hydrogens is 242 g/mol. The maximum atomic E-state index is 5.44. The van der Waals surface area contributed by atoms with Crippen molar-refractivity contribution in [3.63, 3.8) is 0 Å². The summed E-state index contributed by atoms with van der Waals surface area (Å²) in [5.41, 5.74) is 1.17. The lowest BCUT2D eigenvalue weighted by Crippen LogP contribution is -2.23. The number of hydrogen-bond acceptors (Lipinski definition) is 4. The van der Waals surface area contributed by atoms with Crippen molar-refractivity contribution in [2.45, 2.75) is 26.3 Å². The lowest BCUT2D eigenvalue weighted by atomic mass is 10.1. The van der Waals surface area contributed by atoms with Gasteiger partial charge in [0.1, 0.15) is 0 Å². The smallest absolute Gasteiger partial charge is 0.161 e. The molecule has 0 radical (unpaired) electrons. The zero-order valence-corrected chi connectivity index (χ0v) is 12.4. The molecular formula is C15H25NO3. The van der Waals surface area contributed by atoms with Crippen LogP contribution in [-0.2, 0) is 4.74 Å². The second-order valence-corrected chi connectivity index (χ2v) is 4.40. The quantitative estimate of drug-likeness (QED) is 0.698. The Kier molecular flexibility index (Phi) is 7.30. The minimum atomic E-state index is 0.255. The summed E-state index contributed by atoms with van der Waals surface area (Å²) in [5.74, 6) is 1.51. The van der Waals surface area contributed by atoms with Gasteiger partial charge < -0.3 is 19.5 Å². The summed E-state index contributed by atoms with van der Waals surface area (Å²) in [6.45, 7) is 6.65. The highest BCUT2D eigenvalue weighted by atomic mass is 16.5. The largest absolute Gasteiger partial charge is 0.493 e. The second-order valence-electron chi connectivity index (χ2n) is 4.40. The van der Waals surface area contributed by atoms with Gasteiger partial charge in [0.15, 0.2) is 11.5 Å². The summed E-state index contributed by atoms with van der Waals surface area (Å²) in [5, 5.41) is 3.43. The Balaban J connectivity index is 2.49. The van der Waals surface area contributed by atoms with Gasteiger partial charge in [-0.2, -0.15) is 0 Å². The van der Waals surface area contributed by atoms with Crippen LogP contribution in [0.1, 0.15) is 31.9 Å². The second kappa shape index (κ2) is 8.77. The predicted octanol–water partition coefficient (Wildman–Crippen LogP) is 2.78. The van der Waals surface area contributed by atoms with Crippen LogP contribution in [0.3, 0.4) is 0 Å². The molecule has 0 aliphatic heterocycles. The van der Waals surface area contributed by atoms with Gasteiger partial charge >= 0.3 is 0 Å². The standard InChI is InChI=1S/C15H25NO3/c1-5-9-19-10-8-16-12(2)13-6-7-14(17-3)15(11-13)18-4/h6-7,11-12,16H,5,8-10H2,1-4H3. The number of benzene rings is 1. The summed E-state index contributed by atoms with van der Waals surface area (Å²) in [6.07, 6.45) is 1.06. The third-order valence-corrected chi connectivity index (χ3v) is 2.95. The van der Waals surface area contributed by atoms with Crippen molar-refractivity contribution in [3.8, 4) is 11.5 Å². The van der Waals surface area contributed by atoms with E-state index in [0.717, 1.165) is 37.7 Å². The molecule has 1 unspecified atom stereocenters. The fraction of sp³-hybridized carbons (Fsp3) is 0.600. The molecule has 0 fully saturated rings. The minimum Gasteiger partial charge on any atom is -0.493 e. The Bertz CT molecular complexity index is 368. The zero-order chi connectivity index (χ0) is 14.1. The first-order valence-corrected chi connectivity index (χ1v) is 6.76. The Morgan fingerprint density at radius 3 is 2.47 bits per heavy atom. The van der Waals surface area contributed by atoms with E-state index in [2.05, 4.69) is 19.2 Å². The molecule has 1 rings (SSSR count). The highest BCUT2D eigenvalue weighted by Gasteiger charge is 2.09. The van der Waals surface area contributed by atoms with Gasteiger partial charge in [-0.3, -0.25) is 0 Å². The average molecular weight is 267 g/mol. The van der Waals surface area contributed by atoms with Crippen molar-refractivity contribution in [1.29, 1.82) is 0 Å². The third-order valence-electron chi connectivity index (χ3n) is 2.95. The molecule has 0 aliphatic carbocycles. The summed E-state index contributed by atoms with van der Waals surface area (Å²) < 4.78 is 16.0. The van der Waals surface area contributed by atoms with E-state index in [-0.39, 0.29) is 6.04 Å². The molecule has 0 bridgehead atoms. The summed E-state index contributed by atoms with van der Waals surface area (Å²) in [7, 11) is 3.29. The molecule has 1 N–H and O–H groups in total. The fourth-order valence-electron chi connectivity index (χ4n) is 1.83. The zero-order valence-electron chi connectivity index (χ0n) is 12.4. The maximum absolute atomic E-state index is 5.44. The molecule has 4 heteroatoms. The number of nitrogens with one attached hydrogen (secondary N) is 1. The normalized spacial score (nSPS) is 12.2. The summed E-state index contributed by atoms with van der Waals surface area (Å²) in [6, 6.07) is 6.24.